The molecule has 98 valence electrons. The van der Waals surface area contributed by atoms with Crippen LogP contribution >= 0.6 is 0 Å². The summed E-state index contributed by atoms with van der Waals surface area (Å²) in [6.07, 6.45) is 0.904. The molecule has 3 nitrogen and oxygen atoms in total. The first-order chi connectivity index (χ1) is 8.41. The van der Waals surface area contributed by atoms with Gasteiger partial charge in [0.05, 0.1) is 5.70 Å². The summed E-state index contributed by atoms with van der Waals surface area (Å²) in [4.78, 5) is 13.6. The average Bonchev–Trinajstić information content (AvgIpc) is 2.27. The molecule has 3 heteroatoms. The number of anilines is 1. The van der Waals surface area contributed by atoms with E-state index < -0.39 is 0 Å². The summed E-state index contributed by atoms with van der Waals surface area (Å²) in [5.74, 6) is 0.120. The van der Waals surface area contributed by atoms with E-state index in [-0.39, 0.29) is 5.78 Å². The number of Topliss-reactive ketones (excluding diaryl/α,β-unsaturated/α-hetero) is 1. The van der Waals surface area contributed by atoms with Crippen molar-refractivity contribution in [1.82, 2.24) is 4.90 Å². The Morgan fingerprint density at radius 3 is 2.17 bits per heavy atom. The maximum Gasteiger partial charge on any atom is 0.175 e. The van der Waals surface area contributed by atoms with Gasteiger partial charge in [-0.25, -0.2) is 0 Å². The molecule has 0 fully saturated rings. The highest BCUT2D eigenvalue weighted by atomic mass is 16.1. The highest BCUT2D eigenvalue weighted by Gasteiger charge is 2.11. The lowest BCUT2D eigenvalue weighted by Crippen LogP contribution is -2.25. The van der Waals surface area contributed by atoms with Crippen molar-refractivity contribution in [3.8, 4) is 0 Å². The number of nitrogens with two attached hydrogens (primary N) is 1. The van der Waals surface area contributed by atoms with Crippen LogP contribution < -0.4 is 5.73 Å². The van der Waals surface area contributed by atoms with E-state index >= 15 is 0 Å². The summed E-state index contributed by atoms with van der Waals surface area (Å²) in [7, 11) is 1.96. The lowest BCUT2D eigenvalue weighted by Gasteiger charge is -2.22. The van der Waals surface area contributed by atoms with Gasteiger partial charge in [-0.05, 0) is 43.5 Å². The van der Waals surface area contributed by atoms with Crippen molar-refractivity contribution in [3.63, 3.8) is 0 Å². The van der Waals surface area contributed by atoms with Gasteiger partial charge in [0.1, 0.15) is 0 Å². The molecule has 2 N–H and O–H groups in total. The number of nitrogen functional groups attached to an aromatic ring is 1. The molecule has 0 heterocycles. The fraction of sp³-hybridized carbons (Fsp3) is 0.400. The zero-order valence-electron chi connectivity index (χ0n) is 11.7. The Balaban J connectivity index is 2.66. The molecule has 1 rings (SSSR count). The summed E-state index contributed by atoms with van der Waals surface area (Å²) < 4.78 is 0. The number of hydrogen-bond acceptors (Lipinski definition) is 3. The molecule has 0 saturated carbocycles. The minimum Gasteiger partial charge on any atom is -0.399 e. The molecule has 0 amide bonds. The van der Waals surface area contributed by atoms with Crippen LogP contribution in [0.25, 0.3) is 0 Å². The minimum absolute atomic E-state index is 0.120. The Hall–Kier alpha value is -1.77. The quantitative estimate of drug-likeness (QED) is 0.641. The Kier molecular flexibility index (Phi) is 4.95. The second-order valence-corrected chi connectivity index (χ2v) is 4.82. The van der Waals surface area contributed by atoms with Gasteiger partial charge in [0, 0.05) is 26.2 Å². The molecule has 0 atom stereocenters. The monoisotopic (exact) mass is 246 g/mol. The number of nitrogens with zero attached hydrogens (tertiary/aromatic N) is 1. The number of likely N-dealkylation sites (N-methyl/N-ethyl adjacent to an activating group) is 1. The third-order valence-electron chi connectivity index (χ3n) is 2.90. The van der Waals surface area contributed by atoms with Crippen LogP contribution in [0.2, 0.25) is 0 Å². The highest BCUT2D eigenvalue weighted by molar-refractivity contribution is 5.93. The molecule has 0 unspecified atom stereocenters. The standard InChI is InChI=1S/C15H22N2O/c1-11(2)15(12(3)18)17(4)10-9-13-5-7-14(16)8-6-13/h5-8H,9-10,16H2,1-4H3. The zero-order chi connectivity index (χ0) is 13.7. The predicted octanol–water partition coefficient (Wildman–Crippen LogP) is 2.63. The van der Waals surface area contributed by atoms with E-state index in [2.05, 4.69) is 0 Å². The van der Waals surface area contributed by atoms with Gasteiger partial charge in [0.25, 0.3) is 0 Å². The van der Waals surface area contributed by atoms with Gasteiger partial charge >= 0.3 is 0 Å². The second-order valence-electron chi connectivity index (χ2n) is 4.82. The largest absolute Gasteiger partial charge is 0.399 e. The van der Waals surface area contributed by atoms with Crippen LogP contribution in [0.15, 0.2) is 35.5 Å². The molecule has 0 aliphatic rings. The number of rotatable bonds is 5. The van der Waals surface area contributed by atoms with Gasteiger partial charge in [-0.2, -0.15) is 0 Å². The Morgan fingerprint density at radius 2 is 1.72 bits per heavy atom. The zero-order valence-corrected chi connectivity index (χ0v) is 11.7. The van der Waals surface area contributed by atoms with Crippen molar-refractivity contribution in [2.24, 2.45) is 0 Å². The normalized spacial score (nSPS) is 10.0. The number of allylic oxidation sites excluding steroid dienone is 2. The first kappa shape index (κ1) is 14.3. The fourth-order valence-electron chi connectivity index (χ4n) is 2.10. The van der Waals surface area contributed by atoms with Crippen molar-refractivity contribution in [3.05, 3.63) is 41.1 Å². The Labute approximate surface area is 109 Å². The Morgan fingerprint density at radius 1 is 1.17 bits per heavy atom. The number of carbonyl (C=O) groups is 1. The minimum atomic E-state index is 0.120. The maximum atomic E-state index is 11.6. The van der Waals surface area contributed by atoms with E-state index in [1.165, 1.54) is 5.56 Å². The molecular formula is C15H22N2O. The lowest BCUT2D eigenvalue weighted by atomic mass is 10.1. The lowest BCUT2D eigenvalue weighted by molar-refractivity contribution is -0.115. The number of carbonyl (C=O) groups excluding carboxylic acids is 1. The number of hydrogen-bond donors (Lipinski definition) is 1. The highest BCUT2D eigenvalue weighted by Crippen LogP contribution is 2.12. The van der Waals surface area contributed by atoms with Gasteiger partial charge in [-0.3, -0.25) is 4.79 Å². The third-order valence-corrected chi connectivity index (χ3v) is 2.90. The maximum absolute atomic E-state index is 11.6. The molecule has 1 aromatic rings. The molecule has 0 radical (unpaired) electrons. The summed E-state index contributed by atoms with van der Waals surface area (Å²) in [6.45, 7) is 6.37. The molecule has 0 spiro atoms. The van der Waals surface area contributed by atoms with Gasteiger partial charge in [-0.1, -0.05) is 12.1 Å². The van der Waals surface area contributed by atoms with E-state index in [4.69, 9.17) is 5.73 Å². The molecule has 18 heavy (non-hydrogen) atoms. The first-order valence-corrected chi connectivity index (χ1v) is 6.15. The van der Waals surface area contributed by atoms with E-state index in [9.17, 15) is 4.79 Å². The summed E-state index contributed by atoms with van der Waals surface area (Å²) in [6, 6.07) is 7.86. The molecule has 0 saturated heterocycles. The van der Waals surface area contributed by atoms with E-state index in [1.807, 2.05) is 50.1 Å². The van der Waals surface area contributed by atoms with Crippen LogP contribution in [0.3, 0.4) is 0 Å². The smallest absolute Gasteiger partial charge is 0.175 e. The van der Waals surface area contributed by atoms with Crippen LogP contribution in [-0.2, 0) is 11.2 Å². The third kappa shape index (κ3) is 3.91. The fourth-order valence-corrected chi connectivity index (χ4v) is 2.10. The van der Waals surface area contributed by atoms with Gasteiger partial charge in [-0.15, -0.1) is 0 Å². The van der Waals surface area contributed by atoms with Gasteiger partial charge < -0.3 is 10.6 Å². The number of benzene rings is 1. The Bertz CT molecular complexity index is 442. The van der Waals surface area contributed by atoms with Crippen LogP contribution in [0.4, 0.5) is 5.69 Å². The van der Waals surface area contributed by atoms with Crippen molar-refractivity contribution >= 4 is 11.5 Å². The summed E-state index contributed by atoms with van der Waals surface area (Å²) in [5.41, 5.74) is 9.52. The van der Waals surface area contributed by atoms with Crippen LogP contribution in [0.5, 0.6) is 0 Å². The molecule has 0 aliphatic heterocycles. The van der Waals surface area contributed by atoms with E-state index in [1.54, 1.807) is 6.92 Å². The van der Waals surface area contributed by atoms with Crippen LogP contribution in [0.1, 0.15) is 26.3 Å². The van der Waals surface area contributed by atoms with Crippen LogP contribution in [-0.4, -0.2) is 24.3 Å². The van der Waals surface area contributed by atoms with Gasteiger partial charge in [0.2, 0.25) is 0 Å². The van der Waals surface area contributed by atoms with E-state index in [0.29, 0.717) is 0 Å². The summed E-state index contributed by atoms with van der Waals surface area (Å²) in [5, 5.41) is 0. The second kappa shape index (κ2) is 6.24. The average molecular weight is 246 g/mol. The molecule has 0 aromatic heterocycles. The molecule has 0 aliphatic carbocycles. The van der Waals surface area contributed by atoms with E-state index in [0.717, 1.165) is 29.9 Å². The SMILES string of the molecule is CC(=O)C(=C(C)C)N(C)CCc1ccc(N)cc1. The molecule has 1 aromatic carbocycles. The molecule has 0 bridgehead atoms. The van der Waals surface area contributed by atoms with Crippen LogP contribution in [0, 0.1) is 0 Å². The van der Waals surface area contributed by atoms with Crippen molar-refractivity contribution in [2.75, 3.05) is 19.3 Å². The van der Waals surface area contributed by atoms with Crippen molar-refractivity contribution in [1.29, 1.82) is 0 Å². The topological polar surface area (TPSA) is 46.3 Å². The predicted molar refractivity (Wildman–Crippen MR) is 76.2 cm³/mol. The first-order valence-electron chi connectivity index (χ1n) is 6.15. The molecular weight excluding hydrogens is 224 g/mol. The van der Waals surface area contributed by atoms with Gasteiger partial charge in [0.15, 0.2) is 5.78 Å². The number of ketones is 1. The summed E-state index contributed by atoms with van der Waals surface area (Å²) >= 11 is 0. The van der Waals surface area contributed by atoms with Crippen molar-refractivity contribution in [2.45, 2.75) is 27.2 Å². The van der Waals surface area contributed by atoms with Crippen molar-refractivity contribution < 1.29 is 4.79 Å².